The summed E-state index contributed by atoms with van der Waals surface area (Å²) in [4.78, 5) is 19.6. The Labute approximate surface area is 126 Å². The molecule has 2 N–H and O–H groups in total. The zero-order valence-electron chi connectivity index (χ0n) is 13.3. The molecule has 0 saturated carbocycles. The Kier molecular flexibility index (Phi) is 7.08. The molecule has 0 aromatic carbocycles. The van der Waals surface area contributed by atoms with Crippen LogP contribution in [0.1, 0.15) is 46.1 Å². The van der Waals surface area contributed by atoms with Crippen molar-refractivity contribution in [1.29, 1.82) is 0 Å². The highest BCUT2D eigenvalue weighted by Crippen LogP contribution is 2.06. The predicted octanol–water partition coefficient (Wildman–Crippen LogP) is 2.26. The summed E-state index contributed by atoms with van der Waals surface area (Å²) >= 11 is 0. The minimum Gasteiger partial charge on any atom is -0.444 e. The fourth-order valence-electron chi connectivity index (χ4n) is 1.83. The molecule has 1 rings (SSSR count). The second kappa shape index (κ2) is 8.56. The molecule has 0 aliphatic carbocycles. The summed E-state index contributed by atoms with van der Waals surface area (Å²) in [5.74, 6) is 0. The molecule has 0 spiro atoms. The molecule has 0 fully saturated rings. The van der Waals surface area contributed by atoms with E-state index in [1.807, 2.05) is 20.8 Å². The first-order chi connectivity index (χ1) is 9.90. The molecule has 0 aliphatic rings. The van der Waals surface area contributed by atoms with E-state index in [4.69, 9.17) is 4.74 Å². The summed E-state index contributed by atoms with van der Waals surface area (Å²) in [5.41, 5.74) is 0.551. The number of nitrogens with one attached hydrogen (secondary N) is 2. The van der Waals surface area contributed by atoms with Gasteiger partial charge in [0.2, 0.25) is 0 Å². The van der Waals surface area contributed by atoms with Gasteiger partial charge >= 0.3 is 6.09 Å². The monoisotopic (exact) mass is 294 g/mol. The molecule has 1 heterocycles. The van der Waals surface area contributed by atoms with Gasteiger partial charge in [-0.3, -0.25) is 0 Å². The Morgan fingerprint density at radius 3 is 2.57 bits per heavy atom. The normalized spacial score (nSPS) is 12.8. The largest absolute Gasteiger partial charge is 0.444 e. The molecule has 118 valence electrons. The molecule has 0 radical (unpaired) electrons. The van der Waals surface area contributed by atoms with E-state index in [1.165, 1.54) is 6.33 Å². The fourth-order valence-corrected chi connectivity index (χ4v) is 1.83. The van der Waals surface area contributed by atoms with Gasteiger partial charge in [0, 0.05) is 37.1 Å². The van der Waals surface area contributed by atoms with Crippen LogP contribution in [-0.2, 0) is 11.3 Å². The van der Waals surface area contributed by atoms with Crippen molar-refractivity contribution in [2.75, 3.05) is 6.54 Å². The highest BCUT2D eigenvalue weighted by Gasteiger charge is 2.17. The smallest absolute Gasteiger partial charge is 0.407 e. The molecule has 0 aliphatic heterocycles. The lowest BCUT2D eigenvalue weighted by molar-refractivity contribution is 0.0521. The maximum Gasteiger partial charge on any atom is 0.407 e. The minimum absolute atomic E-state index is 0.197. The molecule has 6 nitrogen and oxygen atoms in total. The Morgan fingerprint density at radius 2 is 2.00 bits per heavy atom. The number of nitrogens with zero attached hydrogens (tertiary/aromatic N) is 2. The number of hydrogen-bond donors (Lipinski definition) is 2. The van der Waals surface area contributed by atoms with E-state index in [1.54, 1.807) is 12.4 Å². The van der Waals surface area contributed by atoms with Crippen LogP contribution in [0.2, 0.25) is 0 Å². The number of amides is 1. The number of rotatable bonds is 7. The molecule has 6 heteroatoms. The molecule has 21 heavy (non-hydrogen) atoms. The van der Waals surface area contributed by atoms with Crippen molar-refractivity contribution in [3.05, 3.63) is 24.3 Å². The first kappa shape index (κ1) is 17.4. The number of alkyl carbamates (subject to hydrolysis) is 1. The van der Waals surface area contributed by atoms with E-state index >= 15 is 0 Å². The van der Waals surface area contributed by atoms with Gasteiger partial charge in [0.1, 0.15) is 11.9 Å². The zero-order valence-corrected chi connectivity index (χ0v) is 13.3. The van der Waals surface area contributed by atoms with Gasteiger partial charge in [-0.15, -0.1) is 0 Å². The van der Waals surface area contributed by atoms with Gasteiger partial charge in [-0.1, -0.05) is 13.3 Å². The second-order valence-electron chi connectivity index (χ2n) is 6.00. The maximum atomic E-state index is 11.7. The van der Waals surface area contributed by atoms with Crippen molar-refractivity contribution >= 4 is 6.09 Å². The van der Waals surface area contributed by atoms with Crippen LogP contribution in [0.5, 0.6) is 0 Å². The highest BCUT2D eigenvalue weighted by molar-refractivity contribution is 5.67. The third kappa shape index (κ3) is 8.24. The number of hydrogen-bond acceptors (Lipinski definition) is 5. The van der Waals surface area contributed by atoms with Gasteiger partial charge in [-0.2, -0.15) is 0 Å². The van der Waals surface area contributed by atoms with Gasteiger partial charge in [-0.25, -0.2) is 14.8 Å². The summed E-state index contributed by atoms with van der Waals surface area (Å²) in [5, 5.41) is 6.21. The van der Waals surface area contributed by atoms with Gasteiger partial charge in [0.15, 0.2) is 0 Å². The van der Waals surface area contributed by atoms with Gasteiger partial charge in [0.05, 0.1) is 0 Å². The van der Waals surface area contributed by atoms with Crippen molar-refractivity contribution in [2.24, 2.45) is 0 Å². The average molecular weight is 294 g/mol. The highest BCUT2D eigenvalue weighted by atomic mass is 16.6. The first-order valence-electron chi connectivity index (χ1n) is 7.35. The van der Waals surface area contributed by atoms with Crippen molar-refractivity contribution in [2.45, 2.75) is 58.7 Å². The van der Waals surface area contributed by atoms with E-state index < -0.39 is 5.60 Å². The van der Waals surface area contributed by atoms with Gasteiger partial charge < -0.3 is 15.4 Å². The summed E-state index contributed by atoms with van der Waals surface area (Å²) in [6, 6.07) is 0.197. The molecule has 0 saturated heterocycles. The average Bonchev–Trinajstić information content (AvgIpc) is 2.41. The van der Waals surface area contributed by atoms with Crippen molar-refractivity contribution in [3.63, 3.8) is 0 Å². The lowest BCUT2D eigenvalue weighted by atomic mass is 10.1. The minimum atomic E-state index is -0.473. The SMILES string of the molecule is CCCC(CNC(=O)OC(C)(C)C)NCc1cncnc1. The molecule has 1 amide bonds. The Bertz CT molecular complexity index is 417. The number of aromatic nitrogens is 2. The Hall–Kier alpha value is -1.69. The molecule has 1 aromatic heterocycles. The topological polar surface area (TPSA) is 76.1 Å². The number of carbonyl (C=O) groups excluding carboxylic acids is 1. The summed E-state index contributed by atoms with van der Waals surface area (Å²) in [6.45, 7) is 8.89. The van der Waals surface area contributed by atoms with Crippen LogP contribution in [0.3, 0.4) is 0 Å². The van der Waals surface area contributed by atoms with Crippen LogP contribution < -0.4 is 10.6 Å². The van der Waals surface area contributed by atoms with Crippen LogP contribution in [0.15, 0.2) is 18.7 Å². The van der Waals surface area contributed by atoms with Crippen LogP contribution in [-0.4, -0.2) is 34.2 Å². The van der Waals surface area contributed by atoms with Gasteiger partial charge in [0.25, 0.3) is 0 Å². The summed E-state index contributed by atoms with van der Waals surface area (Å²) in [7, 11) is 0. The van der Waals surface area contributed by atoms with Gasteiger partial charge in [-0.05, 0) is 27.2 Å². The van der Waals surface area contributed by atoms with Crippen LogP contribution in [0.4, 0.5) is 4.79 Å². The molecule has 1 atom stereocenters. The second-order valence-corrected chi connectivity index (χ2v) is 6.00. The maximum absolute atomic E-state index is 11.7. The van der Waals surface area contributed by atoms with E-state index in [-0.39, 0.29) is 12.1 Å². The standard InChI is InChI=1S/C15H26N4O2/c1-5-6-13(10-19-14(20)21-15(2,3)4)18-9-12-7-16-11-17-8-12/h7-8,11,13,18H,5-6,9-10H2,1-4H3,(H,19,20). The third-order valence-electron chi connectivity index (χ3n) is 2.74. The van der Waals surface area contributed by atoms with Crippen LogP contribution >= 0.6 is 0 Å². The van der Waals surface area contributed by atoms with Crippen molar-refractivity contribution in [3.8, 4) is 0 Å². The van der Waals surface area contributed by atoms with E-state index in [0.29, 0.717) is 13.1 Å². The summed E-state index contributed by atoms with van der Waals surface area (Å²) < 4.78 is 5.23. The van der Waals surface area contributed by atoms with Crippen LogP contribution in [0, 0.1) is 0 Å². The predicted molar refractivity (Wildman–Crippen MR) is 81.8 cm³/mol. The van der Waals surface area contributed by atoms with Crippen LogP contribution in [0.25, 0.3) is 0 Å². The number of ether oxygens (including phenoxy) is 1. The van der Waals surface area contributed by atoms with E-state index in [0.717, 1.165) is 18.4 Å². The lowest BCUT2D eigenvalue weighted by Crippen LogP contribution is -2.42. The first-order valence-corrected chi connectivity index (χ1v) is 7.35. The lowest BCUT2D eigenvalue weighted by Gasteiger charge is -2.22. The van der Waals surface area contributed by atoms with E-state index in [2.05, 4.69) is 27.5 Å². The van der Waals surface area contributed by atoms with Crippen molar-refractivity contribution in [1.82, 2.24) is 20.6 Å². The fraction of sp³-hybridized carbons (Fsp3) is 0.667. The van der Waals surface area contributed by atoms with E-state index in [9.17, 15) is 4.79 Å². The zero-order chi connectivity index (χ0) is 15.7. The molecule has 0 bridgehead atoms. The summed E-state index contributed by atoms with van der Waals surface area (Å²) in [6.07, 6.45) is 6.71. The Morgan fingerprint density at radius 1 is 1.33 bits per heavy atom. The Balaban J connectivity index is 2.37. The quantitative estimate of drug-likeness (QED) is 0.806. The van der Waals surface area contributed by atoms with Crippen molar-refractivity contribution < 1.29 is 9.53 Å². The molecular formula is C15H26N4O2. The number of carbonyl (C=O) groups is 1. The molecule has 1 aromatic rings. The third-order valence-corrected chi connectivity index (χ3v) is 2.74. The molecule has 1 unspecified atom stereocenters. The molecular weight excluding hydrogens is 268 g/mol.